The molecule has 0 aliphatic rings. The summed E-state index contributed by atoms with van der Waals surface area (Å²) < 4.78 is 30.7. The van der Waals surface area contributed by atoms with Gasteiger partial charge < -0.3 is 10.1 Å². The summed E-state index contributed by atoms with van der Waals surface area (Å²) >= 11 is 6.17. The molecular weight excluding hydrogens is 412 g/mol. The molecule has 2 rings (SSSR count). The molecule has 158 valence electrons. The minimum Gasteiger partial charge on any atom is -0.496 e. The van der Waals surface area contributed by atoms with Crippen molar-refractivity contribution in [2.75, 3.05) is 18.1 Å². The monoisotopic (exact) mass is 438 g/mol. The molecule has 29 heavy (non-hydrogen) atoms. The first-order chi connectivity index (χ1) is 13.4. The minimum absolute atomic E-state index is 0.197. The molecule has 0 aliphatic carbocycles. The van der Waals surface area contributed by atoms with E-state index in [0.717, 1.165) is 28.7 Å². The Hall–Kier alpha value is -2.25. The number of sulfonamides is 1. The molecule has 2 aromatic rings. The van der Waals surface area contributed by atoms with E-state index < -0.39 is 10.0 Å². The third kappa shape index (κ3) is 5.87. The van der Waals surface area contributed by atoms with E-state index in [1.165, 1.54) is 18.2 Å². The van der Waals surface area contributed by atoms with E-state index in [4.69, 9.17) is 16.3 Å². The Morgan fingerprint density at radius 1 is 1.10 bits per heavy atom. The Kier molecular flexibility index (Phi) is 7.19. The molecule has 0 heterocycles. The number of halogens is 1. The lowest BCUT2D eigenvalue weighted by Gasteiger charge is -2.21. The topological polar surface area (TPSA) is 84.5 Å². The third-order valence-corrected chi connectivity index (χ3v) is 5.50. The smallest absolute Gasteiger partial charge is 0.253 e. The SMILES string of the molecule is COc1cc(C)c([C@H](C)NC(=O)c2cc(NS(C)(=O)=O)ccc2Cl)cc1C(C)C. The maximum atomic E-state index is 12.8. The van der Waals surface area contributed by atoms with E-state index in [2.05, 4.69) is 23.9 Å². The van der Waals surface area contributed by atoms with Gasteiger partial charge in [-0.3, -0.25) is 9.52 Å². The summed E-state index contributed by atoms with van der Waals surface area (Å²) in [6, 6.07) is 8.15. The molecule has 0 saturated carbocycles. The number of hydrogen-bond donors (Lipinski definition) is 2. The first-order valence-electron chi connectivity index (χ1n) is 9.19. The number of hydrogen-bond acceptors (Lipinski definition) is 4. The van der Waals surface area contributed by atoms with Gasteiger partial charge in [-0.05, 0) is 66.8 Å². The van der Waals surface area contributed by atoms with Gasteiger partial charge in [0, 0.05) is 5.69 Å². The maximum absolute atomic E-state index is 12.8. The van der Waals surface area contributed by atoms with Gasteiger partial charge in [0.2, 0.25) is 10.0 Å². The second-order valence-electron chi connectivity index (χ2n) is 7.37. The molecule has 1 atom stereocenters. The standard InChI is InChI=1S/C21H27ClN2O4S/c1-12(2)16-11-17(13(3)9-20(16)28-5)14(4)23-21(25)18-10-15(7-8-19(18)22)24-29(6,26)27/h7-12,14,24H,1-6H3,(H,23,25)/t14-/m0/s1. The fraction of sp³-hybridized carbons (Fsp3) is 0.381. The summed E-state index contributed by atoms with van der Waals surface area (Å²) in [4.78, 5) is 12.8. The van der Waals surface area contributed by atoms with Gasteiger partial charge in [-0.2, -0.15) is 0 Å². The lowest BCUT2D eigenvalue weighted by Crippen LogP contribution is -2.27. The highest BCUT2D eigenvalue weighted by Crippen LogP contribution is 2.32. The second-order valence-corrected chi connectivity index (χ2v) is 9.53. The molecule has 0 radical (unpaired) electrons. The summed E-state index contributed by atoms with van der Waals surface area (Å²) in [6.07, 6.45) is 1.04. The fourth-order valence-electron chi connectivity index (χ4n) is 3.14. The van der Waals surface area contributed by atoms with Crippen LogP contribution in [0.15, 0.2) is 30.3 Å². The molecule has 2 aromatic carbocycles. The van der Waals surface area contributed by atoms with E-state index in [1.54, 1.807) is 7.11 Å². The molecular formula is C21H27ClN2O4S. The van der Waals surface area contributed by atoms with Crippen LogP contribution in [0.2, 0.25) is 5.02 Å². The average molecular weight is 439 g/mol. The Labute approximate surface area is 177 Å². The number of aryl methyl sites for hydroxylation is 1. The fourth-order valence-corrected chi connectivity index (χ4v) is 3.90. The van der Waals surface area contributed by atoms with Crippen LogP contribution in [0.5, 0.6) is 5.75 Å². The lowest BCUT2D eigenvalue weighted by atomic mass is 9.93. The molecule has 0 unspecified atom stereocenters. The predicted octanol–water partition coefficient (Wildman–Crippen LogP) is 4.64. The second kappa shape index (κ2) is 9.05. The van der Waals surface area contributed by atoms with Gasteiger partial charge in [-0.25, -0.2) is 8.42 Å². The number of nitrogens with one attached hydrogen (secondary N) is 2. The first kappa shape index (κ1) is 23.0. The van der Waals surface area contributed by atoms with Gasteiger partial charge in [0.1, 0.15) is 5.75 Å². The van der Waals surface area contributed by atoms with Crippen LogP contribution in [0.25, 0.3) is 0 Å². The molecule has 0 spiro atoms. The average Bonchev–Trinajstić information content (AvgIpc) is 2.61. The van der Waals surface area contributed by atoms with Gasteiger partial charge in [0.15, 0.2) is 0 Å². The number of ether oxygens (including phenoxy) is 1. The van der Waals surface area contributed by atoms with Crippen LogP contribution < -0.4 is 14.8 Å². The molecule has 0 fully saturated rings. The summed E-state index contributed by atoms with van der Waals surface area (Å²) in [6.45, 7) is 8.03. The van der Waals surface area contributed by atoms with Crippen molar-refractivity contribution in [1.29, 1.82) is 0 Å². The summed E-state index contributed by atoms with van der Waals surface area (Å²) in [5, 5.41) is 3.19. The van der Waals surface area contributed by atoms with Crippen LogP contribution in [0, 0.1) is 6.92 Å². The highest BCUT2D eigenvalue weighted by molar-refractivity contribution is 7.92. The van der Waals surface area contributed by atoms with E-state index >= 15 is 0 Å². The minimum atomic E-state index is -3.46. The van der Waals surface area contributed by atoms with Crippen molar-refractivity contribution in [3.05, 3.63) is 57.6 Å². The molecule has 8 heteroatoms. The van der Waals surface area contributed by atoms with Gasteiger partial charge >= 0.3 is 0 Å². The van der Waals surface area contributed by atoms with Gasteiger partial charge in [0.25, 0.3) is 5.91 Å². The highest BCUT2D eigenvalue weighted by atomic mass is 35.5. The van der Waals surface area contributed by atoms with E-state index in [9.17, 15) is 13.2 Å². The van der Waals surface area contributed by atoms with Crippen LogP contribution >= 0.6 is 11.6 Å². The number of amides is 1. The Morgan fingerprint density at radius 3 is 2.31 bits per heavy atom. The zero-order valence-corrected chi connectivity index (χ0v) is 19.0. The number of rotatable bonds is 7. The molecule has 6 nitrogen and oxygen atoms in total. The summed E-state index contributed by atoms with van der Waals surface area (Å²) in [7, 11) is -1.82. The quantitative estimate of drug-likeness (QED) is 0.659. The van der Waals surface area contributed by atoms with Gasteiger partial charge in [0.05, 0.1) is 30.0 Å². The lowest BCUT2D eigenvalue weighted by molar-refractivity contribution is 0.0940. The number of carbonyl (C=O) groups is 1. The van der Waals surface area contributed by atoms with Crippen LogP contribution in [0.4, 0.5) is 5.69 Å². The number of anilines is 1. The van der Waals surface area contributed by atoms with Crippen molar-refractivity contribution < 1.29 is 17.9 Å². The van der Waals surface area contributed by atoms with E-state index in [0.29, 0.717) is 0 Å². The molecule has 1 amide bonds. The van der Waals surface area contributed by atoms with Crippen molar-refractivity contribution in [3.63, 3.8) is 0 Å². The van der Waals surface area contributed by atoms with E-state index in [-0.39, 0.29) is 34.1 Å². The predicted molar refractivity (Wildman–Crippen MR) is 118 cm³/mol. The largest absolute Gasteiger partial charge is 0.496 e. The normalized spacial score (nSPS) is 12.6. The molecule has 0 aromatic heterocycles. The van der Waals surface area contributed by atoms with Gasteiger partial charge in [-0.15, -0.1) is 0 Å². The van der Waals surface area contributed by atoms with Crippen molar-refractivity contribution in [2.45, 2.75) is 39.7 Å². The Bertz CT molecular complexity index is 1020. The van der Waals surface area contributed by atoms with Crippen LogP contribution in [-0.4, -0.2) is 27.7 Å². The zero-order valence-electron chi connectivity index (χ0n) is 17.5. The molecule has 0 aliphatic heterocycles. The number of methoxy groups -OCH3 is 1. The van der Waals surface area contributed by atoms with Crippen LogP contribution in [-0.2, 0) is 10.0 Å². The van der Waals surface area contributed by atoms with Crippen molar-refractivity contribution in [3.8, 4) is 5.75 Å². The first-order valence-corrected chi connectivity index (χ1v) is 11.5. The summed E-state index contributed by atoms with van der Waals surface area (Å²) in [5.41, 5.74) is 3.51. The molecule has 0 bridgehead atoms. The molecule has 0 saturated heterocycles. The number of carbonyl (C=O) groups excluding carboxylic acids is 1. The molecule has 2 N–H and O–H groups in total. The zero-order chi connectivity index (χ0) is 21.9. The Balaban J connectivity index is 2.32. The third-order valence-electron chi connectivity index (χ3n) is 4.57. The summed E-state index contributed by atoms with van der Waals surface area (Å²) in [5.74, 6) is 0.698. The van der Waals surface area contributed by atoms with Crippen molar-refractivity contribution >= 4 is 33.2 Å². The van der Waals surface area contributed by atoms with Crippen molar-refractivity contribution in [1.82, 2.24) is 5.32 Å². The maximum Gasteiger partial charge on any atom is 0.253 e. The number of benzene rings is 2. The van der Waals surface area contributed by atoms with Crippen LogP contribution in [0.3, 0.4) is 0 Å². The highest BCUT2D eigenvalue weighted by Gasteiger charge is 2.19. The van der Waals surface area contributed by atoms with E-state index in [1.807, 2.05) is 26.0 Å². The van der Waals surface area contributed by atoms with Crippen LogP contribution in [0.1, 0.15) is 59.8 Å². The van der Waals surface area contributed by atoms with Crippen molar-refractivity contribution in [2.24, 2.45) is 0 Å². The van der Waals surface area contributed by atoms with Gasteiger partial charge in [-0.1, -0.05) is 25.4 Å². The Morgan fingerprint density at radius 2 is 1.76 bits per heavy atom.